The zero-order valence-electron chi connectivity index (χ0n) is 8.22. The second-order valence-electron chi connectivity index (χ2n) is 2.90. The number of hydrogen-bond donors (Lipinski definition) is 0. The van der Waals surface area contributed by atoms with Crippen LogP contribution < -0.4 is 4.74 Å². The molecule has 1 aromatic rings. The highest BCUT2D eigenvalue weighted by Crippen LogP contribution is 2.26. The van der Waals surface area contributed by atoms with E-state index in [4.69, 9.17) is 11.2 Å². The predicted octanol–water partition coefficient (Wildman–Crippen LogP) is 3.41. The van der Waals surface area contributed by atoms with Crippen LogP contribution in [0.3, 0.4) is 0 Å². The molecular weight excluding hydrogens is 240 g/mol. The fourth-order valence-electron chi connectivity index (χ4n) is 1.19. The molecule has 0 bridgehead atoms. The smallest absolute Gasteiger partial charge is 0.133 e. The van der Waals surface area contributed by atoms with E-state index in [-0.39, 0.29) is 0 Å². The van der Waals surface area contributed by atoms with E-state index in [1.807, 2.05) is 19.1 Å². The Morgan fingerprint density at radius 3 is 2.86 bits per heavy atom. The number of aryl methyl sites for hydroxylation is 1. The number of terminal acetylenes is 1. The highest BCUT2D eigenvalue weighted by Gasteiger charge is 2.01. The highest BCUT2D eigenvalue weighted by atomic mass is 79.9. The molecule has 0 aliphatic heterocycles. The average Bonchev–Trinajstić information content (AvgIpc) is 2.19. The largest absolute Gasteiger partial charge is 0.493 e. The Balaban J connectivity index is 2.74. The molecule has 1 rings (SSSR count). The third-order valence-corrected chi connectivity index (χ3v) is 2.47. The Kier molecular flexibility index (Phi) is 4.55. The van der Waals surface area contributed by atoms with Gasteiger partial charge < -0.3 is 4.74 Å². The maximum Gasteiger partial charge on any atom is 0.133 e. The van der Waals surface area contributed by atoms with E-state index >= 15 is 0 Å². The summed E-state index contributed by atoms with van der Waals surface area (Å²) in [6.07, 6.45) is 6.90. The van der Waals surface area contributed by atoms with Crippen LogP contribution in [-0.2, 0) is 6.42 Å². The zero-order chi connectivity index (χ0) is 10.4. The van der Waals surface area contributed by atoms with Crippen LogP contribution in [0.5, 0.6) is 5.75 Å². The molecule has 0 amide bonds. The van der Waals surface area contributed by atoms with E-state index in [9.17, 15) is 0 Å². The fourth-order valence-corrected chi connectivity index (χ4v) is 1.73. The normalized spacial score (nSPS) is 9.50. The molecule has 0 fully saturated rings. The van der Waals surface area contributed by atoms with E-state index in [1.54, 1.807) is 0 Å². The van der Waals surface area contributed by atoms with Crippen molar-refractivity contribution in [3.8, 4) is 18.1 Å². The van der Waals surface area contributed by atoms with Crippen molar-refractivity contribution in [3.05, 3.63) is 28.2 Å². The summed E-state index contributed by atoms with van der Waals surface area (Å²) >= 11 is 3.46. The van der Waals surface area contributed by atoms with Crippen molar-refractivity contribution in [1.29, 1.82) is 0 Å². The maximum atomic E-state index is 5.41. The summed E-state index contributed by atoms with van der Waals surface area (Å²) in [4.78, 5) is 0. The van der Waals surface area contributed by atoms with E-state index in [2.05, 4.69) is 27.9 Å². The molecule has 1 aromatic carbocycles. The molecule has 0 aromatic heterocycles. The van der Waals surface area contributed by atoms with Crippen LogP contribution in [-0.4, -0.2) is 6.61 Å². The van der Waals surface area contributed by atoms with Crippen LogP contribution in [0.1, 0.15) is 18.9 Å². The van der Waals surface area contributed by atoms with Gasteiger partial charge >= 0.3 is 0 Å². The first-order chi connectivity index (χ1) is 6.77. The van der Waals surface area contributed by atoms with Crippen molar-refractivity contribution in [1.82, 2.24) is 0 Å². The van der Waals surface area contributed by atoms with Gasteiger partial charge in [0.1, 0.15) is 5.75 Å². The van der Waals surface area contributed by atoms with Gasteiger partial charge in [0, 0.05) is 6.42 Å². The van der Waals surface area contributed by atoms with Gasteiger partial charge in [-0.05, 0) is 47.0 Å². The van der Waals surface area contributed by atoms with E-state index in [1.165, 1.54) is 5.56 Å². The molecule has 14 heavy (non-hydrogen) atoms. The van der Waals surface area contributed by atoms with Crippen molar-refractivity contribution < 1.29 is 4.74 Å². The van der Waals surface area contributed by atoms with Gasteiger partial charge in [0.15, 0.2) is 0 Å². The van der Waals surface area contributed by atoms with Crippen molar-refractivity contribution in [3.63, 3.8) is 0 Å². The van der Waals surface area contributed by atoms with Gasteiger partial charge in [0.2, 0.25) is 0 Å². The van der Waals surface area contributed by atoms with Gasteiger partial charge in [0.25, 0.3) is 0 Å². The molecule has 0 spiro atoms. The summed E-state index contributed by atoms with van der Waals surface area (Å²) in [7, 11) is 0. The minimum absolute atomic E-state index is 0.683. The lowest BCUT2D eigenvalue weighted by molar-refractivity contribution is 0.338. The number of halogens is 1. The summed E-state index contributed by atoms with van der Waals surface area (Å²) in [5.74, 6) is 3.51. The lowest BCUT2D eigenvalue weighted by atomic mass is 10.1. The predicted molar refractivity (Wildman–Crippen MR) is 62.5 cm³/mol. The Hall–Kier alpha value is -0.940. The van der Waals surface area contributed by atoms with E-state index < -0.39 is 0 Å². The fraction of sp³-hybridized carbons (Fsp3) is 0.333. The SMILES string of the molecule is C#CCCc1ccc(OCC)c(Br)c1. The van der Waals surface area contributed by atoms with Gasteiger partial charge in [-0.3, -0.25) is 0 Å². The summed E-state index contributed by atoms with van der Waals surface area (Å²) in [5.41, 5.74) is 1.23. The molecule has 2 heteroatoms. The van der Waals surface area contributed by atoms with Crippen LogP contribution in [0.2, 0.25) is 0 Å². The molecule has 0 aliphatic carbocycles. The summed E-state index contributed by atoms with van der Waals surface area (Å²) in [6, 6.07) is 6.08. The molecule has 0 saturated carbocycles. The average molecular weight is 253 g/mol. The third-order valence-electron chi connectivity index (χ3n) is 1.85. The Morgan fingerprint density at radius 2 is 2.29 bits per heavy atom. The molecule has 0 N–H and O–H groups in total. The molecule has 0 saturated heterocycles. The number of benzene rings is 1. The second-order valence-corrected chi connectivity index (χ2v) is 3.76. The van der Waals surface area contributed by atoms with Gasteiger partial charge in [-0.1, -0.05) is 6.07 Å². The molecule has 1 nitrogen and oxygen atoms in total. The first-order valence-corrected chi connectivity index (χ1v) is 5.42. The molecule has 0 radical (unpaired) electrons. The second kappa shape index (κ2) is 5.72. The van der Waals surface area contributed by atoms with Crippen LogP contribution in [0.25, 0.3) is 0 Å². The molecule has 0 atom stereocenters. The Bertz CT molecular complexity index is 339. The molecule has 0 aliphatic rings. The maximum absolute atomic E-state index is 5.41. The highest BCUT2D eigenvalue weighted by molar-refractivity contribution is 9.10. The zero-order valence-corrected chi connectivity index (χ0v) is 9.80. The Morgan fingerprint density at radius 1 is 1.50 bits per heavy atom. The van der Waals surface area contributed by atoms with Crippen LogP contribution in [0.4, 0.5) is 0 Å². The van der Waals surface area contributed by atoms with Gasteiger partial charge in [-0.2, -0.15) is 0 Å². The van der Waals surface area contributed by atoms with Crippen molar-refractivity contribution >= 4 is 15.9 Å². The minimum Gasteiger partial charge on any atom is -0.493 e. The lowest BCUT2D eigenvalue weighted by Crippen LogP contribution is -1.93. The van der Waals surface area contributed by atoms with E-state index in [0.29, 0.717) is 6.61 Å². The van der Waals surface area contributed by atoms with Crippen molar-refractivity contribution in [2.75, 3.05) is 6.61 Å². The van der Waals surface area contributed by atoms with Crippen molar-refractivity contribution in [2.24, 2.45) is 0 Å². The van der Waals surface area contributed by atoms with Crippen LogP contribution >= 0.6 is 15.9 Å². The topological polar surface area (TPSA) is 9.23 Å². The summed E-state index contributed by atoms with van der Waals surface area (Å²) in [5, 5.41) is 0. The summed E-state index contributed by atoms with van der Waals surface area (Å²) < 4.78 is 6.40. The van der Waals surface area contributed by atoms with Gasteiger partial charge in [0.05, 0.1) is 11.1 Å². The van der Waals surface area contributed by atoms with Gasteiger partial charge in [-0.25, -0.2) is 0 Å². The molecule has 74 valence electrons. The quantitative estimate of drug-likeness (QED) is 0.747. The molecule has 0 unspecified atom stereocenters. The lowest BCUT2D eigenvalue weighted by Gasteiger charge is -2.06. The van der Waals surface area contributed by atoms with Crippen LogP contribution in [0.15, 0.2) is 22.7 Å². The first kappa shape index (κ1) is 11.1. The first-order valence-electron chi connectivity index (χ1n) is 4.62. The van der Waals surface area contributed by atoms with E-state index in [0.717, 1.165) is 23.1 Å². The number of rotatable bonds is 4. The number of hydrogen-bond acceptors (Lipinski definition) is 1. The standard InChI is InChI=1S/C12H13BrO/c1-3-5-6-10-7-8-12(14-4-2)11(13)9-10/h1,7-9H,4-6H2,2H3. The number of ether oxygens (including phenoxy) is 1. The minimum atomic E-state index is 0.683. The molecular formula is C12H13BrO. The Labute approximate surface area is 93.6 Å². The third kappa shape index (κ3) is 3.08. The summed E-state index contributed by atoms with van der Waals surface area (Å²) in [6.45, 7) is 2.65. The van der Waals surface area contributed by atoms with Crippen molar-refractivity contribution in [2.45, 2.75) is 19.8 Å². The van der Waals surface area contributed by atoms with Crippen LogP contribution in [0, 0.1) is 12.3 Å². The monoisotopic (exact) mass is 252 g/mol. The van der Waals surface area contributed by atoms with Gasteiger partial charge in [-0.15, -0.1) is 12.3 Å². The molecule has 0 heterocycles.